The van der Waals surface area contributed by atoms with Gasteiger partial charge in [-0.15, -0.1) is 0 Å². The van der Waals surface area contributed by atoms with Gasteiger partial charge in [-0.2, -0.15) is 5.10 Å². The molecule has 2 heterocycles. The van der Waals surface area contributed by atoms with Gasteiger partial charge in [0.2, 0.25) is 0 Å². The van der Waals surface area contributed by atoms with E-state index < -0.39 is 0 Å². The number of fused-ring (bicyclic) bond motifs is 1. The van der Waals surface area contributed by atoms with Crippen molar-refractivity contribution < 1.29 is 4.74 Å². The normalized spacial score (nSPS) is 19.9. The lowest BCUT2D eigenvalue weighted by Crippen LogP contribution is -2.18. The van der Waals surface area contributed by atoms with E-state index in [0.717, 1.165) is 48.3 Å². The maximum atomic E-state index is 5.99. The summed E-state index contributed by atoms with van der Waals surface area (Å²) < 4.78 is 5.56. The molecule has 1 aromatic heterocycles. The molecule has 0 saturated carbocycles. The quantitative estimate of drug-likeness (QED) is 0.704. The zero-order chi connectivity index (χ0) is 11.7. The SMILES string of the molecule is Nc1cc2cn[nH]c2cc1NCC1CCCO1. The Morgan fingerprint density at radius 1 is 1.53 bits per heavy atom. The molecule has 0 radical (unpaired) electrons. The molecule has 1 aliphatic heterocycles. The van der Waals surface area contributed by atoms with Gasteiger partial charge in [0, 0.05) is 18.5 Å². The molecule has 0 aliphatic carbocycles. The zero-order valence-corrected chi connectivity index (χ0v) is 9.57. The molecule has 0 amide bonds. The first-order valence-corrected chi connectivity index (χ1v) is 5.91. The van der Waals surface area contributed by atoms with Gasteiger partial charge >= 0.3 is 0 Å². The van der Waals surface area contributed by atoms with Crippen LogP contribution in [0.1, 0.15) is 12.8 Å². The second kappa shape index (κ2) is 4.25. The average molecular weight is 232 g/mol. The molecule has 90 valence electrons. The molecule has 17 heavy (non-hydrogen) atoms. The van der Waals surface area contributed by atoms with E-state index in [4.69, 9.17) is 10.5 Å². The Kier molecular flexibility index (Phi) is 2.60. The molecule has 1 fully saturated rings. The third kappa shape index (κ3) is 2.06. The molecular weight excluding hydrogens is 216 g/mol. The summed E-state index contributed by atoms with van der Waals surface area (Å²) >= 11 is 0. The number of nitrogens with two attached hydrogens (primary N) is 1. The minimum Gasteiger partial charge on any atom is -0.397 e. The summed E-state index contributed by atoms with van der Waals surface area (Å²) in [7, 11) is 0. The number of nitrogen functional groups attached to an aromatic ring is 1. The van der Waals surface area contributed by atoms with E-state index in [-0.39, 0.29) is 0 Å². The first kappa shape index (κ1) is 10.4. The van der Waals surface area contributed by atoms with E-state index in [1.165, 1.54) is 0 Å². The van der Waals surface area contributed by atoms with Crippen molar-refractivity contribution in [1.82, 2.24) is 10.2 Å². The van der Waals surface area contributed by atoms with E-state index >= 15 is 0 Å². The average Bonchev–Trinajstić information content (AvgIpc) is 2.95. The fraction of sp³-hybridized carbons (Fsp3) is 0.417. The number of benzene rings is 1. The highest BCUT2D eigenvalue weighted by Gasteiger charge is 2.15. The highest BCUT2D eigenvalue weighted by molar-refractivity contribution is 5.88. The number of rotatable bonds is 3. The number of hydrogen-bond acceptors (Lipinski definition) is 4. The first-order valence-electron chi connectivity index (χ1n) is 5.91. The van der Waals surface area contributed by atoms with Crippen LogP contribution >= 0.6 is 0 Å². The number of aromatic nitrogens is 2. The third-order valence-electron chi connectivity index (χ3n) is 3.15. The smallest absolute Gasteiger partial charge is 0.0748 e. The van der Waals surface area contributed by atoms with Gasteiger partial charge in [-0.1, -0.05) is 0 Å². The predicted octanol–water partition coefficient (Wildman–Crippen LogP) is 1.74. The van der Waals surface area contributed by atoms with Gasteiger partial charge < -0.3 is 15.8 Å². The number of nitrogens with zero attached hydrogens (tertiary/aromatic N) is 1. The van der Waals surface area contributed by atoms with Crippen molar-refractivity contribution in [2.45, 2.75) is 18.9 Å². The van der Waals surface area contributed by atoms with E-state index in [9.17, 15) is 0 Å². The molecule has 0 spiro atoms. The van der Waals surface area contributed by atoms with Gasteiger partial charge in [-0.05, 0) is 25.0 Å². The Morgan fingerprint density at radius 3 is 3.29 bits per heavy atom. The summed E-state index contributed by atoms with van der Waals surface area (Å²) in [5, 5.41) is 11.3. The van der Waals surface area contributed by atoms with Crippen LogP contribution in [0.2, 0.25) is 0 Å². The molecule has 1 aromatic carbocycles. The monoisotopic (exact) mass is 232 g/mol. The van der Waals surface area contributed by atoms with Gasteiger partial charge in [-0.3, -0.25) is 5.10 Å². The summed E-state index contributed by atoms with van der Waals surface area (Å²) in [6.07, 6.45) is 4.36. The number of aromatic amines is 1. The Labute approximate surface area is 99.3 Å². The fourth-order valence-corrected chi connectivity index (χ4v) is 2.19. The molecule has 5 nitrogen and oxygen atoms in total. The summed E-state index contributed by atoms with van der Waals surface area (Å²) in [6.45, 7) is 1.69. The number of H-pyrrole nitrogens is 1. The van der Waals surface area contributed by atoms with Gasteiger partial charge in [0.1, 0.15) is 0 Å². The van der Waals surface area contributed by atoms with Crippen LogP contribution in [0.4, 0.5) is 11.4 Å². The van der Waals surface area contributed by atoms with Crippen LogP contribution < -0.4 is 11.1 Å². The molecule has 0 bridgehead atoms. The van der Waals surface area contributed by atoms with Gasteiger partial charge in [0.25, 0.3) is 0 Å². The van der Waals surface area contributed by atoms with Crippen LogP contribution in [0, 0.1) is 0 Å². The molecule has 3 rings (SSSR count). The molecule has 1 unspecified atom stereocenters. The minimum absolute atomic E-state index is 0.312. The molecule has 1 saturated heterocycles. The zero-order valence-electron chi connectivity index (χ0n) is 9.57. The van der Waals surface area contributed by atoms with Crippen molar-refractivity contribution in [1.29, 1.82) is 0 Å². The van der Waals surface area contributed by atoms with Crippen LogP contribution in [-0.2, 0) is 4.74 Å². The standard InChI is InChI=1S/C12H16N4O/c13-10-4-8-6-15-16-11(8)5-12(10)14-7-9-2-1-3-17-9/h4-6,9,14H,1-3,7,13H2,(H,15,16). The van der Waals surface area contributed by atoms with Crippen molar-refractivity contribution in [3.8, 4) is 0 Å². The number of anilines is 2. The molecule has 5 heteroatoms. The Hall–Kier alpha value is -1.75. The van der Waals surface area contributed by atoms with E-state index in [2.05, 4.69) is 15.5 Å². The molecule has 1 atom stereocenters. The maximum Gasteiger partial charge on any atom is 0.0748 e. The fourth-order valence-electron chi connectivity index (χ4n) is 2.19. The second-order valence-corrected chi connectivity index (χ2v) is 4.41. The van der Waals surface area contributed by atoms with E-state index in [1.54, 1.807) is 6.20 Å². The summed E-state index contributed by atoms with van der Waals surface area (Å²) in [5.74, 6) is 0. The minimum atomic E-state index is 0.312. The lowest BCUT2D eigenvalue weighted by molar-refractivity contribution is 0.120. The predicted molar refractivity (Wildman–Crippen MR) is 68.0 cm³/mol. The van der Waals surface area contributed by atoms with Gasteiger partial charge in [0.15, 0.2) is 0 Å². The summed E-state index contributed by atoms with van der Waals surface area (Å²) in [5.41, 5.74) is 8.67. The Bertz CT molecular complexity index is 516. The number of nitrogens with one attached hydrogen (secondary N) is 2. The van der Waals surface area contributed by atoms with Crippen molar-refractivity contribution in [2.24, 2.45) is 0 Å². The van der Waals surface area contributed by atoms with Crippen LogP contribution in [-0.4, -0.2) is 29.5 Å². The topological polar surface area (TPSA) is 76.0 Å². The van der Waals surface area contributed by atoms with Crippen LogP contribution in [0.3, 0.4) is 0 Å². The second-order valence-electron chi connectivity index (χ2n) is 4.41. The largest absolute Gasteiger partial charge is 0.397 e. The molecule has 4 N–H and O–H groups in total. The van der Waals surface area contributed by atoms with E-state index in [0.29, 0.717) is 6.10 Å². The van der Waals surface area contributed by atoms with Gasteiger partial charge in [-0.25, -0.2) is 0 Å². The van der Waals surface area contributed by atoms with Crippen LogP contribution in [0.5, 0.6) is 0 Å². The highest BCUT2D eigenvalue weighted by atomic mass is 16.5. The van der Waals surface area contributed by atoms with Crippen LogP contribution in [0.25, 0.3) is 10.9 Å². The van der Waals surface area contributed by atoms with Crippen molar-refractivity contribution in [3.63, 3.8) is 0 Å². The van der Waals surface area contributed by atoms with E-state index in [1.807, 2.05) is 12.1 Å². The Balaban J connectivity index is 1.76. The third-order valence-corrected chi connectivity index (χ3v) is 3.15. The lowest BCUT2D eigenvalue weighted by atomic mass is 10.2. The lowest BCUT2D eigenvalue weighted by Gasteiger charge is -2.13. The summed E-state index contributed by atoms with van der Waals surface area (Å²) in [4.78, 5) is 0. The van der Waals surface area contributed by atoms with Crippen LogP contribution in [0.15, 0.2) is 18.3 Å². The maximum absolute atomic E-state index is 5.99. The van der Waals surface area contributed by atoms with Crippen molar-refractivity contribution in [2.75, 3.05) is 24.2 Å². The Morgan fingerprint density at radius 2 is 2.47 bits per heavy atom. The highest BCUT2D eigenvalue weighted by Crippen LogP contribution is 2.25. The molecule has 2 aromatic rings. The first-order chi connectivity index (χ1) is 8.33. The number of ether oxygens (including phenoxy) is 1. The van der Waals surface area contributed by atoms with Gasteiger partial charge in [0.05, 0.1) is 29.2 Å². The molecule has 1 aliphatic rings. The van der Waals surface area contributed by atoms with Crippen molar-refractivity contribution in [3.05, 3.63) is 18.3 Å². The summed E-state index contributed by atoms with van der Waals surface area (Å²) in [6, 6.07) is 3.92. The molecular formula is C12H16N4O. The van der Waals surface area contributed by atoms with Crippen molar-refractivity contribution >= 4 is 22.3 Å². The number of hydrogen-bond donors (Lipinski definition) is 3.